The molecular formula is C20H18ClFN6O3S. The number of H-pyrrole nitrogens is 1. The molecule has 0 saturated carbocycles. The molecule has 0 bridgehead atoms. The molecule has 32 heavy (non-hydrogen) atoms. The zero-order valence-corrected chi connectivity index (χ0v) is 18.3. The summed E-state index contributed by atoms with van der Waals surface area (Å²) in [4.78, 5) is 8.81. The second-order valence-electron chi connectivity index (χ2n) is 6.83. The summed E-state index contributed by atoms with van der Waals surface area (Å²) in [6.45, 7) is 0.447. The number of fused-ring (bicyclic) bond motifs is 1. The highest BCUT2D eigenvalue weighted by Crippen LogP contribution is 2.27. The van der Waals surface area contributed by atoms with Gasteiger partial charge in [0, 0.05) is 24.8 Å². The highest BCUT2D eigenvalue weighted by molar-refractivity contribution is 7.92. The van der Waals surface area contributed by atoms with Gasteiger partial charge in [-0.1, -0.05) is 11.6 Å². The predicted octanol–water partition coefficient (Wildman–Crippen LogP) is 3.38. The van der Waals surface area contributed by atoms with Crippen molar-refractivity contribution in [3.8, 4) is 11.4 Å². The van der Waals surface area contributed by atoms with Crippen LogP contribution in [0.2, 0.25) is 5.02 Å². The fourth-order valence-corrected chi connectivity index (χ4v) is 4.71. The summed E-state index contributed by atoms with van der Waals surface area (Å²) < 4.78 is 46.0. The van der Waals surface area contributed by atoms with E-state index in [9.17, 15) is 12.8 Å². The molecule has 2 aromatic heterocycles. The highest BCUT2D eigenvalue weighted by Gasteiger charge is 2.19. The van der Waals surface area contributed by atoms with Crippen molar-refractivity contribution in [3.05, 3.63) is 59.0 Å². The van der Waals surface area contributed by atoms with Crippen molar-refractivity contribution in [1.82, 2.24) is 20.2 Å². The summed E-state index contributed by atoms with van der Waals surface area (Å²) in [5, 5.41) is 7.25. The van der Waals surface area contributed by atoms with Gasteiger partial charge in [0.15, 0.2) is 11.5 Å². The molecule has 0 aliphatic carbocycles. The van der Waals surface area contributed by atoms with Crippen molar-refractivity contribution in [2.75, 3.05) is 24.2 Å². The summed E-state index contributed by atoms with van der Waals surface area (Å²) in [5.41, 5.74) is 8.00. The predicted molar refractivity (Wildman–Crippen MR) is 119 cm³/mol. The van der Waals surface area contributed by atoms with E-state index in [2.05, 4.69) is 24.9 Å². The zero-order chi connectivity index (χ0) is 22.9. The maximum absolute atomic E-state index is 13.2. The third-order valence-corrected chi connectivity index (χ3v) is 6.50. The SMILES string of the molecule is COCCc1nc(-c2ccc(NS(=O)(=O)c3ccc(F)cc3Cl)cc2)nc2n[nH]c(N)c12. The lowest BCUT2D eigenvalue weighted by molar-refractivity contribution is 0.202. The first-order valence-corrected chi connectivity index (χ1v) is 11.2. The number of nitrogens with one attached hydrogen (secondary N) is 2. The van der Waals surface area contributed by atoms with E-state index in [0.717, 1.165) is 18.2 Å². The molecule has 4 N–H and O–H groups in total. The van der Waals surface area contributed by atoms with Gasteiger partial charge >= 0.3 is 0 Å². The Bertz CT molecular complexity index is 1390. The van der Waals surface area contributed by atoms with Crippen LogP contribution in [0.1, 0.15) is 5.69 Å². The van der Waals surface area contributed by atoms with Gasteiger partial charge in [-0.25, -0.2) is 22.8 Å². The molecule has 0 spiro atoms. The Morgan fingerprint density at radius 1 is 1.19 bits per heavy atom. The second kappa shape index (κ2) is 8.69. The van der Waals surface area contributed by atoms with E-state index >= 15 is 0 Å². The number of rotatable bonds is 7. The van der Waals surface area contributed by atoms with E-state index in [0.29, 0.717) is 52.6 Å². The maximum atomic E-state index is 13.2. The number of nitrogens with zero attached hydrogens (tertiary/aromatic N) is 3. The summed E-state index contributed by atoms with van der Waals surface area (Å²) in [7, 11) is -2.41. The van der Waals surface area contributed by atoms with Gasteiger partial charge in [0.2, 0.25) is 0 Å². The number of sulfonamides is 1. The van der Waals surface area contributed by atoms with E-state index in [1.54, 1.807) is 31.4 Å². The second-order valence-corrected chi connectivity index (χ2v) is 8.89. The molecule has 4 rings (SSSR count). The quantitative estimate of drug-likeness (QED) is 0.372. The van der Waals surface area contributed by atoms with Crippen LogP contribution in [0.4, 0.5) is 15.9 Å². The fourth-order valence-electron chi connectivity index (χ4n) is 3.12. The number of ether oxygens (including phenoxy) is 1. The number of halogens is 2. The van der Waals surface area contributed by atoms with E-state index in [1.165, 1.54) is 0 Å². The number of aromatic nitrogens is 4. The first-order valence-electron chi connectivity index (χ1n) is 9.36. The molecule has 0 saturated heterocycles. The van der Waals surface area contributed by atoms with Gasteiger partial charge in [0.05, 0.1) is 22.7 Å². The Morgan fingerprint density at radius 3 is 2.62 bits per heavy atom. The van der Waals surface area contributed by atoms with Crippen LogP contribution in [-0.2, 0) is 21.2 Å². The van der Waals surface area contributed by atoms with Crippen molar-refractivity contribution >= 4 is 44.2 Å². The minimum absolute atomic E-state index is 0.210. The number of hydrogen-bond donors (Lipinski definition) is 3. The molecule has 2 aromatic carbocycles. The van der Waals surface area contributed by atoms with Crippen molar-refractivity contribution in [1.29, 1.82) is 0 Å². The van der Waals surface area contributed by atoms with Crippen LogP contribution in [0.15, 0.2) is 47.4 Å². The smallest absolute Gasteiger partial charge is 0.263 e. The molecule has 166 valence electrons. The Hall–Kier alpha value is -3.28. The minimum atomic E-state index is -4.00. The Morgan fingerprint density at radius 2 is 1.94 bits per heavy atom. The molecule has 2 heterocycles. The van der Waals surface area contributed by atoms with Crippen LogP contribution in [-0.4, -0.2) is 42.3 Å². The fraction of sp³-hybridized carbons (Fsp3) is 0.150. The Labute approximate surface area is 187 Å². The number of nitrogens with two attached hydrogens (primary N) is 1. The topological polar surface area (TPSA) is 136 Å². The molecule has 0 fully saturated rings. The third kappa shape index (κ3) is 4.35. The summed E-state index contributed by atoms with van der Waals surface area (Å²) >= 11 is 5.88. The Balaban J connectivity index is 1.63. The van der Waals surface area contributed by atoms with Gasteiger partial charge in [-0.2, -0.15) is 5.10 Å². The number of anilines is 2. The molecule has 0 aliphatic rings. The van der Waals surface area contributed by atoms with E-state index in [4.69, 9.17) is 22.1 Å². The number of hydrogen-bond acceptors (Lipinski definition) is 7. The zero-order valence-electron chi connectivity index (χ0n) is 16.8. The van der Waals surface area contributed by atoms with Gasteiger partial charge in [-0.05, 0) is 42.5 Å². The number of benzene rings is 2. The molecule has 4 aromatic rings. The largest absolute Gasteiger partial charge is 0.384 e. The van der Waals surface area contributed by atoms with E-state index in [1.807, 2.05) is 0 Å². The molecule has 0 aliphatic heterocycles. The van der Waals surface area contributed by atoms with Crippen molar-refractivity contribution in [2.24, 2.45) is 0 Å². The molecular weight excluding hydrogens is 459 g/mol. The van der Waals surface area contributed by atoms with Crippen molar-refractivity contribution < 1.29 is 17.5 Å². The van der Waals surface area contributed by atoms with E-state index < -0.39 is 15.8 Å². The molecule has 12 heteroatoms. The summed E-state index contributed by atoms with van der Waals surface area (Å²) in [5.74, 6) is 0.159. The first-order chi connectivity index (χ1) is 15.3. The van der Waals surface area contributed by atoms with Gasteiger partial charge in [0.25, 0.3) is 10.0 Å². The van der Waals surface area contributed by atoms with E-state index in [-0.39, 0.29) is 9.92 Å². The normalized spacial score (nSPS) is 11.7. The van der Waals surface area contributed by atoms with Crippen LogP contribution < -0.4 is 10.5 Å². The van der Waals surface area contributed by atoms with Crippen molar-refractivity contribution in [3.63, 3.8) is 0 Å². The average molecular weight is 477 g/mol. The van der Waals surface area contributed by atoms with Crippen LogP contribution in [0.5, 0.6) is 0 Å². The monoisotopic (exact) mass is 476 g/mol. The van der Waals surface area contributed by atoms with Crippen LogP contribution >= 0.6 is 11.6 Å². The number of methoxy groups -OCH3 is 1. The highest BCUT2D eigenvalue weighted by atomic mass is 35.5. The average Bonchev–Trinajstić information content (AvgIpc) is 3.13. The van der Waals surface area contributed by atoms with Gasteiger partial charge in [0.1, 0.15) is 16.5 Å². The lowest BCUT2D eigenvalue weighted by atomic mass is 10.1. The molecule has 0 amide bonds. The van der Waals surface area contributed by atoms with Gasteiger partial charge < -0.3 is 10.5 Å². The molecule has 9 nitrogen and oxygen atoms in total. The van der Waals surface area contributed by atoms with Crippen LogP contribution in [0.3, 0.4) is 0 Å². The van der Waals surface area contributed by atoms with Crippen LogP contribution in [0.25, 0.3) is 22.4 Å². The Kier molecular flexibility index (Phi) is 5.96. The molecule has 0 atom stereocenters. The standard InChI is InChI=1S/C20H18ClFN6O3S/c1-31-9-8-15-17-18(23)26-27-20(17)25-19(24-15)11-2-5-13(6-3-11)28-32(29,30)16-7-4-12(22)10-14(16)21/h2-7,10,28H,8-9H2,1H3,(H3,23,24,25,26,27). The summed E-state index contributed by atoms with van der Waals surface area (Å²) in [6, 6.07) is 9.53. The summed E-state index contributed by atoms with van der Waals surface area (Å²) in [6.07, 6.45) is 0.516. The molecule has 0 radical (unpaired) electrons. The van der Waals surface area contributed by atoms with Gasteiger partial charge in [-0.15, -0.1) is 0 Å². The molecule has 0 unspecified atom stereocenters. The minimum Gasteiger partial charge on any atom is -0.384 e. The first kappa shape index (κ1) is 21.9. The number of aromatic amines is 1. The third-order valence-electron chi connectivity index (χ3n) is 4.64. The van der Waals surface area contributed by atoms with Gasteiger partial charge in [-0.3, -0.25) is 9.82 Å². The van der Waals surface area contributed by atoms with Crippen molar-refractivity contribution in [2.45, 2.75) is 11.3 Å². The number of nitrogen functional groups attached to an aromatic ring is 1. The lowest BCUT2D eigenvalue weighted by Gasteiger charge is -2.10. The lowest BCUT2D eigenvalue weighted by Crippen LogP contribution is -2.13. The van der Waals surface area contributed by atoms with Crippen LogP contribution in [0, 0.1) is 5.82 Å². The maximum Gasteiger partial charge on any atom is 0.263 e.